The van der Waals surface area contributed by atoms with E-state index in [1.165, 1.54) is 58.4 Å². The Morgan fingerprint density at radius 1 is 1.29 bits per heavy atom. The van der Waals surface area contributed by atoms with Crippen LogP contribution in [0, 0.1) is 0 Å². The molecule has 1 saturated heterocycles. The number of hydrogen-bond donors (Lipinski definition) is 1. The van der Waals surface area contributed by atoms with Gasteiger partial charge in [-0.1, -0.05) is 13.8 Å². The monoisotopic (exact) mass is 241 g/mol. The lowest BCUT2D eigenvalue weighted by atomic mass is 10.2. The van der Waals surface area contributed by atoms with Gasteiger partial charge in [-0.05, 0) is 65.5 Å². The van der Waals surface area contributed by atoms with E-state index in [9.17, 15) is 0 Å². The highest BCUT2D eigenvalue weighted by molar-refractivity contribution is 4.80. The Bertz CT molecular complexity index is 184. The zero-order valence-corrected chi connectivity index (χ0v) is 12.0. The number of nitrogens with one attached hydrogen (secondary N) is 1. The molecule has 3 heteroatoms. The molecule has 0 spiro atoms. The third-order valence-electron chi connectivity index (χ3n) is 3.75. The Hall–Kier alpha value is -0.120. The lowest BCUT2D eigenvalue weighted by Crippen LogP contribution is -2.39. The summed E-state index contributed by atoms with van der Waals surface area (Å²) in [6.45, 7) is 11.8. The molecule has 0 aromatic rings. The topological polar surface area (TPSA) is 18.5 Å². The van der Waals surface area contributed by atoms with Gasteiger partial charge in [-0.2, -0.15) is 0 Å². The SMILES string of the molecule is CCCNCCCN(C)CC1CCCN1CC. The van der Waals surface area contributed by atoms with Crippen molar-refractivity contribution >= 4 is 0 Å². The molecule has 0 aromatic carbocycles. The van der Waals surface area contributed by atoms with Gasteiger partial charge in [0, 0.05) is 12.6 Å². The third kappa shape index (κ3) is 5.84. The van der Waals surface area contributed by atoms with Gasteiger partial charge in [-0.25, -0.2) is 0 Å². The highest BCUT2D eigenvalue weighted by atomic mass is 15.2. The Morgan fingerprint density at radius 3 is 2.82 bits per heavy atom. The van der Waals surface area contributed by atoms with Gasteiger partial charge in [-0.3, -0.25) is 4.90 Å². The van der Waals surface area contributed by atoms with Gasteiger partial charge < -0.3 is 10.2 Å². The number of likely N-dealkylation sites (tertiary alicyclic amines) is 1. The average Bonchev–Trinajstić information content (AvgIpc) is 2.76. The first-order chi connectivity index (χ1) is 8.27. The summed E-state index contributed by atoms with van der Waals surface area (Å²) in [6.07, 6.45) is 5.30. The second-order valence-electron chi connectivity index (χ2n) is 5.29. The maximum atomic E-state index is 3.47. The Morgan fingerprint density at radius 2 is 2.12 bits per heavy atom. The molecule has 0 aliphatic carbocycles. The first kappa shape index (κ1) is 14.9. The van der Waals surface area contributed by atoms with Gasteiger partial charge in [-0.15, -0.1) is 0 Å². The number of nitrogens with zero attached hydrogens (tertiary/aromatic N) is 2. The van der Waals surface area contributed by atoms with Gasteiger partial charge in [0.1, 0.15) is 0 Å². The van der Waals surface area contributed by atoms with Crippen LogP contribution in [0.15, 0.2) is 0 Å². The Labute approximate surface area is 108 Å². The van der Waals surface area contributed by atoms with Gasteiger partial charge in [0.05, 0.1) is 0 Å². The summed E-state index contributed by atoms with van der Waals surface area (Å²) in [5.74, 6) is 0. The van der Waals surface area contributed by atoms with E-state index in [2.05, 4.69) is 36.0 Å². The highest BCUT2D eigenvalue weighted by Crippen LogP contribution is 2.17. The van der Waals surface area contributed by atoms with Crippen molar-refractivity contribution in [1.82, 2.24) is 15.1 Å². The molecule has 1 heterocycles. The van der Waals surface area contributed by atoms with Crippen molar-refractivity contribution in [3.8, 4) is 0 Å². The molecule has 1 aliphatic rings. The molecule has 0 radical (unpaired) electrons. The second kappa shape index (κ2) is 8.90. The first-order valence-corrected chi connectivity index (χ1v) is 7.41. The van der Waals surface area contributed by atoms with E-state index in [4.69, 9.17) is 0 Å². The smallest absolute Gasteiger partial charge is 0.0223 e. The zero-order chi connectivity index (χ0) is 12.5. The normalized spacial score (nSPS) is 21.5. The summed E-state index contributed by atoms with van der Waals surface area (Å²) in [7, 11) is 2.27. The molecule has 17 heavy (non-hydrogen) atoms. The van der Waals surface area contributed by atoms with Crippen molar-refractivity contribution < 1.29 is 0 Å². The summed E-state index contributed by atoms with van der Waals surface area (Å²) >= 11 is 0. The van der Waals surface area contributed by atoms with Crippen molar-refractivity contribution in [3.05, 3.63) is 0 Å². The molecule has 1 fully saturated rings. The maximum Gasteiger partial charge on any atom is 0.0223 e. The fourth-order valence-electron chi connectivity index (χ4n) is 2.75. The molecular weight excluding hydrogens is 210 g/mol. The molecule has 1 N–H and O–H groups in total. The maximum absolute atomic E-state index is 3.47. The minimum atomic E-state index is 0.814. The minimum absolute atomic E-state index is 0.814. The predicted molar refractivity (Wildman–Crippen MR) is 75.5 cm³/mol. The molecule has 0 amide bonds. The predicted octanol–water partition coefficient (Wildman–Crippen LogP) is 1.79. The summed E-state index contributed by atoms with van der Waals surface area (Å²) in [6, 6.07) is 0.814. The van der Waals surface area contributed by atoms with E-state index in [0.29, 0.717) is 0 Å². The van der Waals surface area contributed by atoms with Crippen molar-refractivity contribution in [2.45, 2.75) is 45.6 Å². The van der Waals surface area contributed by atoms with Crippen LogP contribution in [-0.2, 0) is 0 Å². The Balaban J connectivity index is 2.05. The summed E-state index contributed by atoms with van der Waals surface area (Å²) in [5.41, 5.74) is 0. The van der Waals surface area contributed by atoms with E-state index in [1.807, 2.05) is 0 Å². The van der Waals surface area contributed by atoms with Gasteiger partial charge in [0.15, 0.2) is 0 Å². The van der Waals surface area contributed by atoms with Crippen LogP contribution in [0.1, 0.15) is 39.5 Å². The van der Waals surface area contributed by atoms with Crippen LogP contribution in [0.5, 0.6) is 0 Å². The number of rotatable bonds is 9. The van der Waals surface area contributed by atoms with Crippen molar-refractivity contribution in [2.75, 3.05) is 46.3 Å². The van der Waals surface area contributed by atoms with Crippen LogP contribution in [0.4, 0.5) is 0 Å². The third-order valence-corrected chi connectivity index (χ3v) is 3.75. The van der Waals surface area contributed by atoms with Crippen LogP contribution in [-0.4, -0.2) is 62.2 Å². The summed E-state index contributed by atoms with van der Waals surface area (Å²) in [4.78, 5) is 5.14. The van der Waals surface area contributed by atoms with E-state index < -0.39 is 0 Å². The standard InChI is InChI=1S/C14H31N3/c1-4-9-15-10-7-11-16(3)13-14-8-6-12-17(14)5-2/h14-15H,4-13H2,1-3H3. The van der Waals surface area contributed by atoms with Crippen LogP contribution in [0.3, 0.4) is 0 Å². The van der Waals surface area contributed by atoms with Crippen LogP contribution in [0.25, 0.3) is 0 Å². The van der Waals surface area contributed by atoms with Gasteiger partial charge in [0.2, 0.25) is 0 Å². The number of hydrogen-bond acceptors (Lipinski definition) is 3. The van der Waals surface area contributed by atoms with Gasteiger partial charge >= 0.3 is 0 Å². The molecule has 1 aliphatic heterocycles. The average molecular weight is 241 g/mol. The zero-order valence-electron chi connectivity index (χ0n) is 12.0. The van der Waals surface area contributed by atoms with E-state index in [-0.39, 0.29) is 0 Å². The molecule has 1 atom stereocenters. The van der Waals surface area contributed by atoms with E-state index >= 15 is 0 Å². The molecule has 1 rings (SSSR count). The molecule has 0 bridgehead atoms. The van der Waals surface area contributed by atoms with E-state index in [0.717, 1.165) is 12.6 Å². The summed E-state index contributed by atoms with van der Waals surface area (Å²) in [5, 5.41) is 3.47. The molecule has 102 valence electrons. The molecule has 1 unspecified atom stereocenters. The number of likely N-dealkylation sites (N-methyl/N-ethyl adjacent to an activating group) is 2. The summed E-state index contributed by atoms with van der Waals surface area (Å²) < 4.78 is 0. The fourth-order valence-corrected chi connectivity index (χ4v) is 2.75. The minimum Gasteiger partial charge on any atom is -0.317 e. The van der Waals surface area contributed by atoms with E-state index in [1.54, 1.807) is 0 Å². The largest absolute Gasteiger partial charge is 0.317 e. The first-order valence-electron chi connectivity index (χ1n) is 7.41. The lowest BCUT2D eigenvalue weighted by Gasteiger charge is -2.27. The molecule has 0 saturated carbocycles. The Kier molecular flexibility index (Phi) is 7.82. The fraction of sp³-hybridized carbons (Fsp3) is 1.00. The quantitative estimate of drug-likeness (QED) is 0.621. The van der Waals surface area contributed by atoms with Crippen LogP contribution < -0.4 is 5.32 Å². The van der Waals surface area contributed by atoms with Crippen molar-refractivity contribution in [3.63, 3.8) is 0 Å². The van der Waals surface area contributed by atoms with Crippen molar-refractivity contribution in [2.24, 2.45) is 0 Å². The van der Waals surface area contributed by atoms with Crippen LogP contribution in [0.2, 0.25) is 0 Å². The molecule has 0 aromatic heterocycles. The van der Waals surface area contributed by atoms with Crippen LogP contribution >= 0.6 is 0 Å². The molecule has 3 nitrogen and oxygen atoms in total. The molecular formula is C14H31N3. The van der Waals surface area contributed by atoms with Crippen molar-refractivity contribution in [1.29, 1.82) is 0 Å². The lowest BCUT2D eigenvalue weighted by molar-refractivity contribution is 0.197. The second-order valence-corrected chi connectivity index (χ2v) is 5.29. The highest BCUT2D eigenvalue weighted by Gasteiger charge is 2.23. The van der Waals surface area contributed by atoms with Gasteiger partial charge in [0.25, 0.3) is 0 Å².